The standard InChI is InChI=1S/C10H14N2O3/c13-10(9-1-5-14-6-2-9)11-12-3-7-15-8-4-12/h1-2,5H,3-4,6-8H2,(H,11,13). The van der Waals surface area contributed by atoms with Crippen molar-refractivity contribution in [3.63, 3.8) is 0 Å². The number of hydrogen-bond acceptors (Lipinski definition) is 4. The van der Waals surface area contributed by atoms with E-state index in [9.17, 15) is 4.79 Å². The smallest absolute Gasteiger partial charge is 0.265 e. The number of ether oxygens (including phenoxy) is 2. The van der Waals surface area contributed by atoms with Crippen molar-refractivity contribution in [2.75, 3.05) is 32.9 Å². The quantitative estimate of drug-likeness (QED) is 0.687. The van der Waals surface area contributed by atoms with Crippen molar-refractivity contribution in [3.8, 4) is 0 Å². The lowest BCUT2D eigenvalue weighted by Gasteiger charge is -2.27. The summed E-state index contributed by atoms with van der Waals surface area (Å²) >= 11 is 0. The number of hydrazine groups is 1. The van der Waals surface area contributed by atoms with E-state index in [4.69, 9.17) is 9.47 Å². The fourth-order valence-corrected chi connectivity index (χ4v) is 1.43. The second-order valence-electron chi connectivity index (χ2n) is 3.34. The fraction of sp³-hybridized carbons (Fsp3) is 0.500. The molecule has 0 aliphatic carbocycles. The first-order chi connectivity index (χ1) is 7.36. The van der Waals surface area contributed by atoms with Crippen LogP contribution in [-0.4, -0.2) is 43.8 Å². The Bertz CT molecular complexity index is 293. The van der Waals surface area contributed by atoms with Crippen LogP contribution in [0, 0.1) is 0 Å². The summed E-state index contributed by atoms with van der Waals surface area (Å²) in [5.41, 5.74) is 3.47. The van der Waals surface area contributed by atoms with Gasteiger partial charge in [0.1, 0.15) is 6.61 Å². The van der Waals surface area contributed by atoms with Crippen molar-refractivity contribution < 1.29 is 14.3 Å². The Morgan fingerprint density at radius 1 is 1.40 bits per heavy atom. The molecule has 15 heavy (non-hydrogen) atoms. The summed E-state index contributed by atoms with van der Waals surface area (Å²) < 4.78 is 10.2. The van der Waals surface area contributed by atoms with Gasteiger partial charge in [0.05, 0.1) is 19.5 Å². The molecule has 0 atom stereocenters. The minimum atomic E-state index is -0.0866. The van der Waals surface area contributed by atoms with Crippen molar-refractivity contribution in [2.45, 2.75) is 0 Å². The first-order valence-corrected chi connectivity index (χ1v) is 4.98. The molecule has 2 rings (SSSR count). The van der Waals surface area contributed by atoms with E-state index >= 15 is 0 Å². The molecule has 0 saturated carbocycles. The zero-order valence-corrected chi connectivity index (χ0v) is 8.44. The third-order valence-electron chi connectivity index (χ3n) is 2.28. The summed E-state index contributed by atoms with van der Waals surface area (Å²) in [6.45, 7) is 3.26. The van der Waals surface area contributed by atoms with Crippen LogP contribution in [0.4, 0.5) is 0 Å². The summed E-state index contributed by atoms with van der Waals surface area (Å²) in [7, 11) is 0. The van der Waals surface area contributed by atoms with Gasteiger partial charge < -0.3 is 9.47 Å². The fourth-order valence-electron chi connectivity index (χ4n) is 1.43. The summed E-state index contributed by atoms with van der Waals surface area (Å²) in [5, 5.41) is 1.87. The van der Waals surface area contributed by atoms with Gasteiger partial charge in [-0.05, 0) is 12.2 Å². The van der Waals surface area contributed by atoms with E-state index in [-0.39, 0.29) is 5.91 Å². The molecule has 1 fully saturated rings. The summed E-state index contributed by atoms with van der Waals surface area (Å²) in [4.78, 5) is 11.7. The number of hydrogen-bond donors (Lipinski definition) is 1. The van der Waals surface area contributed by atoms with Gasteiger partial charge in [-0.2, -0.15) is 0 Å². The minimum Gasteiger partial charge on any atom is -0.497 e. The lowest BCUT2D eigenvalue weighted by atomic mass is 10.2. The van der Waals surface area contributed by atoms with Gasteiger partial charge in [-0.15, -0.1) is 0 Å². The zero-order chi connectivity index (χ0) is 10.5. The molecule has 0 aromatic rings. The number of amides is 1. The molecule has 82 valence electrons. The predicted octanol–water partition coefficient (Wildman–Crippen LogP) is -0.180. The maximum Gasteiger partial charge on any atom is 0.265 e. The lowest BCUT2D eigenvalue weighted by molar-refractivity contribution is -0.123. The largest absolute Gasteiger partial charge is 0.497 e. The number of nitrogens with zero attached hydrogens (tertiary/aromatic N) is 1. The van der Waals surface area contributed by atoms with Gasteiger partial charge in [0.15, 0.2) is 0 Å². The average Bonchev–Trinajstić information content (AvgIpc) is 2.31. The van der Waals surface area contributed by atoms with E-state index in [0.717, 1.165) is 13.1 Å². The van der Waals surface area contributed by atoms with Crippen molar-refractivity contribution in [1.29, 1.82) is 0 Å². The molecule has 0 bridgehead atoms. The second-order valence-corrected chi connectivity index (χ2v) is 3.34. The van der Waals surface area contributed by atoms with Crippen LogP contribution in [0.15, 0.2) is 24.0 Å². The molecule has 0 aromatic carbocycles. The molecule has 0 spiro atoms. The summed E-state index contributed by atoms with van der Waals surface area (Å²) in [6.07, 6.45) is 4.96. The highest BCUT2D eigenvalue weighted by atomic mass is 16.5. The Kier molecular flexibility index (Phi) is 3.37. The number of carbonyl (C=O) groups excluding carboxylic acids is 1. The Morgan fingerprint density at radius 2 is 2.20 bits per heavy atom. The van der Waals surface area contributed by atoms with Crippen molar-refractivity contribution in [3.05, 3.63) is 24.0 Å². The third-order valence-corrected chi connectivity index (χ3v) is 2.28. The van der Waals surface area contributed by atoms with Crippen molar-refractivity contribution in [2.24, 2.45) is 0 Å². The Hall–Kier alpha value is -1.33. The zero-order valence-electron chi connectivity index (χ0n) is 8.44. The van der Waals surface area contributed by atoms with Crippen LogP contribution in [-0.2, 0) is 14.3 Å². The van der Waals surface area contributed by atoms with E-state index in [0.29, 0.717) is 25.4 Å². The maximum atomic E-state index is 11.7. The van der Waals surface area contributed by atoms with Crippen LogP contribution in [0.2, 0.25) is 0 Å². The molecule has 2 aliphatic heterocycles. The molecule has 5 heteroatoms. The number of nitrogens with one attached hydrogen (secondary N) is 1. The summed E-state index contributed by atoms with van der Waals surface area (Å²) in [5.74, 6) is -0.0866. The van der Waals surface area contributed by atoms with Crippen LogP contribution in [0.1, 0.15) is 0 Å². The number of rotatable bonds is 2. The van der Waals surface area contributed by atoms with Gasteiger partial charge >= 0.3 is 0 Å². The Balaban J connectivity index is 1.85. The number of morpholine rings is 1. The van der Waals surface area contributed by atoms with Crippen LogP contribution in [0.5, 0.6) is 0 Å². The van der Waals surface area contributed by atoms with E-state index in [1.54, 1.807) is 12.2 Å². The summed E-state index contributed by atoms with van der Waals surface area (Å²) in [6, 6.07) is 0. The molecule has 0 aromatic heterocycles. The molecule has 1 amide bonds. The molecular weight excluding hydrogens is 196 g/mol. The maximum absolute atomic E-state index is 11.7. The molecule has 0 unspecified atom stereocenters. The molecule has 2 aliphatic rings. The molecule has 1 N–H and O–H groups in total. The Labute approximate surface area is 88.3 Å². The second kappa shape index (κ2) is 4.95. The highest BCUT2D eigenvalue weighted by molar-refractivity contribution is 5.95. The average molecular weight is 210 g/mol. The van der Waals surface area contributed by atoms with E-state index in [1.807, 2.05) is 5.01 Å². The topological polar surface area (TPSA) is 50.8 Å². The van der Waals surface area contributed by atoms with Crippen molar-refractivity contribution >= 4 is 5.91 Å². The Morgan fingerprint density at radius 3 is 2.87 bits per heavy atom. The number of carbonyl (C=O) groups is 1. The lowest BCUT2D eigenvalue weighted by Crippen LogP contribution is -2.48. The van der Waals surface area contributed by atoms with Crippen LogP contribution < -0.4 is 5.43 Å². The molecular formula is C10H14N2O3. The van der Waals surface area contributed by atoms with Crippen LogP contribution in [0.25, 0.3) is 0 Å². The van der Waals surface area contributed by atoms with Gasteiger partial charge in [-0.1, -0.05) is 0 Å². The first-order valence-electron chi connectivity index (χ1n) is 4.98. The monoisotopic (exact) mass is 210 g/mol. The highest BCUT2D eigenvalue weighted by Crippen LogP contribution is 2.04. The molecule has 5 nitrogen and oxygen atoms in total. The minimum absolute atomic E-state index is 0.0866. The van der Waals surface area contributed by atoms with E-state index < -0.39 is 0 Å². The SMILES string of the molecule is O=C(NN1CCOCC1)C1=CCOC=C1. The van der Waals surface area contributed by atoms with E-state index in [1.165, 1.54) is 6.26 Å². The van der Waals surface area contributed by atoms with E-state index in [2.05, 4.69) is 5.43 Å². The highest BCUT2D eigenvalue weighted by Gasteiger charge is 2.15. The van der Waals surface area contributed by atoms with Crippen molar-refractivity contribution in [1.82, 2.24) is 10.4 Å². The first kappa shape index (κ1) is 10.2. The molecule has 1 saturated heterocycles. The predicted molar refractivity (Wildman–Crippen MR) is 53.7 cm³/mol. The van der Waals surface area contributed by atoms with Gasteiger partial charge in [-0.25, -0.2) is 5.01 Å². The molecule has 2 heterocycles. The molecule has 0 radical (unpaired) electrons. The third kappa shape index (κ3) is 2.81. The van der Waals surface area contributed by atoms with Gasteiger partial charge in [-0.3, -0.25) is 10.2 Å². The van der Waals surface area contributed by atoms with Crippen LogP contribution >= 0.6 is 0 Å². The van der Waals surface area contributed by atoms with Gasteiger partial charge in [0.25, 0.3) is 5.91 Å². The van der Waals surface area contributed by atoms with Gasteiger partial charge in [0, 0.05) is 18.7 Å². The normalized spacial score (nSPS) is 21.7. The van der Waals surface area contributed by atoms with Gasteiger partial charge in [0.2, 0.25) is 0 Å². The van der Waals surface area contributed by atoms with Crippen LogP contribution in [0.3, 0.4) is 0 Å².